The maximum atomic E-state index is 13.2. The molecule has 0 saturated heterocycles. The molecule has 0 unspecified atom stereocenters. The molecular weight excluding hydrogens is 328 g/mol. The molecule has 3 heterocycles. The lowest BCUT2D eigenvalue weighted by Crippen LogP contribution is -2.59. The van der Waals surface area contributed by atoms with Crippen LogP contribution >= 0.6 is 0 Å². The second kappa shape index (κ2) is 5.28. The molecule has 2 fully saturated rings. The summed E-state index contributed by atoms with van der Waals surface area (Å²) >= 11 is 0. The number of aryl methyl sites for hydroxylation is 1. The second-order valence-corrected chi connectivity index (χ2v) is 8.00. The van der Waals surface area contributed by atoms with Gasteiger partial charge < -0.3 is 9.80 Å². The lowest BCUT2D eigenvalue weighted by atomic mass is 10.0. The summed E-state index contributed by atoms with van der Waals surface area (Å²) in [7, 11) is 1.85. The molecule has 136 valence electrons. The molecular formula is C19H24N6O. The summed E-state index contributed by atoms with van der Waals surface area (Å²) in [4.78, 5) is 31.0. The molecule has 1 aliphatic heterocycles. The average molecular weight is 352 g/mol. The fourth-order valence-corrected chi connectivity index (χ4v) is 4.82. The lowest BCUT2D eigenvalue weighted by molar-refractivity contribution is -0.121. The number of aromatic nitrogens is 4. The van der Waals surface area contributed by atoms with Gasteiger partial charge in [-0.05, 0) is 32.1 Å². The van der Waals surface area contributed by atoms with Crippen molar-refractivity contribution in [1.29, 1.82) is 0 Å². The van der Waals surface area contributed by atoms with E-state index in [0.717, 1.165) is 36.5 Å². The van der Waals surface area contributed by atoms with E-state index >= 15 is 0 Å². The van der Waals surface area contributed by atoms with Gasteiger partial charge in [-0.1, -0.05) is 19.8 Å². The minimum atomic E-state index is -0.409. The van der Waals surface area contributed by atoms with E-state index in [1.807, 2.05) is 24.7 Å². The van der Waals surface area contributed by atoms with Crippen LogP contribution in [-0.4, -0.2) is 44.1 Å². The highest BCUT2D eigenvalue weighted by atomic mass is 16.2. The van der Waals surface area contributed by atoms with Crippen molar-refractivity contribution >= 4 is 17.4 Å². The van der Waals surface area contributed by atoms with Gasteiger partial charge in [0.2, 0.25) is 5.95 Å². The molecule has 0 aromatic carbocycles. The third-order valence-electron chi connectivity index (χ3n) is 6.34. The van der Waals surface area contributed by atoms with E-state index in [-0.39, 0.29) is 5.91 Å². The molecule has 2 aromatic rings. The van der Waals surface area contributed by atoms with Gasteiger partial charge >= 0.3 is 0 Å². The fourth-order valence-electron chi connectivity index (χ4n) is 4.82. The fraction of sp³-hybridized carbons (Fsp3) is 0.579. The number of fused-ring (bicyclic) bond motifs is 1. The van der Waals surface area contributed by atoms with E-state index in [0.29, 0.717) is 17.9 Å². The predicted octanol–water partition coefficient (Wildman–Crippen LogP) is 2.47. The molecule has 5 rings (SSSR count). The Balaban J connectivity index is 1.68. The van der Waals surface area contributed by atoms with Crippen LogP contribution in [-0.2, 0) is 4.79 Å². The molecule has 7 nitrogen and oxygen atoms in total. The number of amides is 1. The van der Waals surface area contributed by atoms with Crippen LogP contribution in [0.25, 0.3) is 5.95 Å². The zero-order chi connectivity index (χ0) is 18.1. The Morgan fingerprint density at radius 1 is 1.23 bits per heavy atom. The van der Waals surface area contributed by atoms with E-state index < -0.39 is 5.54 Å². The molecule has 2 saturated carbocycles. The predicted molar refractivity (Wildman–Crippen MR) is 98.5 cm³/mol. The minimum Gasteiger partial charge on any atom is -0.337 e. The molecule has 2 aliphatic carbocycles. The standard InChI is InChI=1S/C19H24N6O/c1-12-8-19(12)17(26)23(3)15-9-20-18(24-10-13(2)21-11-24)22-16(15)25(19)14-6-4-5-7-14/h9-12,14H,4-8H2,1-3H3/t12-,19-/m0/s1. The van der Waals surface area contributed by atoms with Gasteiger partial charge in [-0.25, -0.2) is 9.97 Å². The summed E-state index contributed by atoms with van der Waals surface area (Å²) in [5.41, 5.74) is 1.33. The highest BCUT2D eigenvalue weighted by Gasteiger charge is 2.66. The average Bonchev–Trinajstić information content (AvgIpc) is 3.03. The second-order valence-electron chi connectivity index (χ2n) is 8.00. The van der Waals surface area contributed by atoms with Crippen molar-refractivity contribution in [3.63, 3.8) is 0 Å². The number of carbonyl (C=O) groups excluding carboxylic acids is 1. The Hall–Kier alpha value is -2.44. The van der Waals surface area contributed by atoms with E-state index in [9.17, 15) is 4.79 Å². The van der Waals surface area contributed by atoms with Gasteiger partial charge in [-0.15, -0.1) is 0 Å². The van der Waals surface area contributed by atoms with Crippen LogP contribution in [0.1, 0.15) is 44.7 Å². The SMILES string of the molecule is Cc1cn(-c2ncc3c(n2)N(C2CCCC2)[C@]2(C[C@@H]2C)C(=O)N3C)cn1. The molecule has 0 bridgehead atoms. The van der Waals surface area contributed by atoms with Crippen molar-refractivity contribution in [2.24, 2.45) is 5.92 Å². The van der Waals surface area contributed by atoms with Crippen molar-refractivity contribution in [2.75, 3.05) is 16.8 Å². The summed E-state index contributed by atoms with van der Waals surface area (Å²) in [6.07, 6.45) is 11.1. The Kier molecular flexibility index (Phi) is 3.21. The van der Waals surface area contributed by atoms with E-state index in [4.69, 9.17) is 4.98 Å². The number of hydrogen-bond donors (Lipinski definition) is 0. The van der Waals surface area contributed by atoms with Crippen molar-refractivity contribution in [1.82, 2.24) is 19.5 Å². The first kappa shape index (κ1) is 15.8. The van der Waals surface area contributed by atoms with Gasteiger partial charge in [0.05, 0.1) is 11.9 Å². The van der Waals surface area contributed by atoms with Gasteiger partial charge in [-0.3, -0.25) is 9.36 Å². The van der Waals surface area contributed by atoms with Crippen molar-refractivity contribution in [3.05, 3.63) is 24.4 Å². The molecule has 0 N–H and O–H groups in total. The molecule has 2 aromatic heterocycles. The third-order valence-corrected chi connectivity index (χ3v) is 6.34. The minimum absolute atomic E-state index is 0.194. The van der Waals surface area contributed by atoms with E-state index in [1.165, 1.54) is 12.8 Å². The first-order valence-electron chi connectivity index (χ1n) is 9.48. The largest absolute Gasteiger partial charge is 0.337 e. The first-order valence-corrected chi connectivity index (χ1v) is 9.48. The zero-order valence-corrected chi connectivity index (χ0v) is 15.5. The van der Waals surface area contributed by atoms with Gasteiger partial charge in [-0.2, -0.15) is 4.98 Å². The molecule has 7 heteroatoms. The highest BCUT2D eigenvalue weighted by Crippen LogP contribution is 2.57. The summed E-state index contributed by atoms with van der Waals surface area (Å²) in [5, 5.41) is 0. The van der Waals surface area contributed by atoms with Crippen LogP contribution in [0.2, 0.25) is 0 Å². The monoisotopic (exact) mass is 352 g/mol. The molecule has 0 radical (unpaired) electrons. The molecule has 1 amide bonds. The highest BCUT2D eigenvalue weighted by molar-refractivity contribution is 6.09. The van der Waals surface area contributed by atoms with E-state index in [1.54, 1.807) is 17.4 Å². The summed E-state index contributed by atoms with van der Waals surface area (Å²) in [6, 6.07) is 0.392. The maximum absolute atomic E-state index is 13.2. The van der Waals surface area contributed by atoms with Crippen molar-refractivity contribution < 1.29 is 4.79 Å². The smallest absolute Gasteiger partial charge is 0.253 e. The van der Waals surface area contributed by atoms with Gasteiger partial charge in [0.1, 0.15) is 17.6 Å². The molecule has 3 aliphatic rings. The Morgan fingerprint density at radius 2 is 1.96 bits per heavy atom. The maximum Gasteiger partial charge on any atom is 0.253 e. The van der Waals surface area contributed by atoms with Crippen LogP contribution < -0.4 is 9.80 Å². The lowest BCUT2D eigenvalue weighted by Gasteiger charge is -2.45. The van der Waals surface area contributed by atoms with Gasteiger partial charge in [0.15, 0.2) is 5.82 Å². The quantitative estimate of drug-likeness (QED) is 0.831. The Bertz CT molecular complexity index is 886. The number of imidazole rings is 1. The van der Waals surface area contributed by atoms with E-state index in [2.05, 4.69) is 21.8 Å². The molecule has 2 atom stereocenters. The van der Waals surface area contributed by atoms with Crippen LogP contribution in [0.5, 0.6) is 0 Å². The third kappa shape index (κ3) is 2.00. The molecule has 26 heavy (non-hydrogen) atoms. The zero-order valence-electron chi connectivity index (χ0n) is 15.5. The summed E-state index contributed by atoms with van der Waals surface area (Å²) < 4.78 is 1.85. The number of rotatable bonds is 2. The number of carbonyl (C=O) groups is 1. The molecule has 1 spiro atoms. The normalized spacial score (nSPS) is 28.1. The van der Waals surface area contributed by atoms with Crippen LogP contribution in [0.3, 0.4) is 0 Å². The number of nitrogens with zero attached hydrogens (tertiary/aromatic N) is 6. The topological polar surface area (TPSA) is 67.2 Å². The van der Waals surface area contributed by atoms with Gasteiger partial charge in [0, 0.05) is 19.3 Å². The van der Waals surface area contributed by atoms with Crippen LogP contribution in [0.15, 0.2) is 18.7 Å². The van der Waals surface area contributed by atoms with Crippen LogP contribution in [0.4, 0.5) is 11.5 Å². The van der Waals surface area contributed by atoms with Gasteiger partial charge in [0.25, 0.3) is 5.91 Å². The van der Waals surface area contributed by atoms with Crippen molar-refractivity contribution in [3.8, 4) is 5.95 Å². The number of hydrogen-bond acceptors (Lipinski definition) is 5. The summed E-state index contributed by atoms with van der Waals surface area (Å²) in [5.74, 6) is 2.07. The van der Waals surface area contributed by atoms with Crippen LogP contribution in [0, 0.1) is 12.8 Å². The number of likely N-dealkylation sites (N-methyl/N-ethyl adjacent to an activating group) is 1. The summed E-state index contributed by atoms with van der Waals surface area (Å²) in [6.45, 7) is 4.13. The Morgan fingerprint density at radius 3 is 2.58 bits per heavy atom. The Labute approximate surface area is 153 Å². The number of anilines is 2. The van der Waals surface area contributed by atoms with Crippen molar-refractivity contribution in [2.45, 2.75) is 57.5 Å². The first-order chi connectivity index (χ1) is 12.5.